The van der Waals surface area contributed by atoms with Gasteiger partial charge in [-0.1, -0.05) is 0 Å². The molecule has 11 heteroatoms. The molecule has 0 amide bonds. The minimum Gasteiger partial charge on any atom is -0.412 e. The fourth-order valence-electron chi connectivity index (χ4n) is 0.139. The van der Waals surface area contributed by atoms with Gasteiger partial charge in [0.1, 0.15) is 0 Å². The molecule has 0 aliphatic heterocycles. The number of phosphoric acid groups is 2. The van der Waals surface area contributed by atoms with Gasteiger partial charge >= 0.3 is 15.6 Å². The van der Waals surface area contributed by atoms with Crippen LogP contribution in [0.1, 0.15) is 0 Å². The van der Waals surface area contributed by atoms with E-state index in [1.807, 2.05) is 0 Å². The Balaban J connectivity index is -0.000000320. The maximum atomic E-state index is 9.63. The molecule has 0 unspecified atom stereocenters. The number of rotatable bonds is 2. The molecule has 0 rings (SSSR count). The maximum Gasteiger partial charge on any atom is 0.478 e. The molecule has 0 saturated carbocycles. The molecule has 0 aromatic rings. The second-order valence-electron chi connectivity index (χ2n) is 1.06. The third-order valence-electron chi connectivity index (χ3n) is 0.213. The molecule has 0 fully saturated rings. The topological polar surface area (TPSA) is 156 Å². The van der Waals surface area contributed by atoms with Gasteiger partial charge in [0, 0.05) is 17.1 Å². The van der Waals surface area contributed by atoms with Gasteiger partial charge in [-0.05, 0) is 0 Å². The molecule has 0 saturated heterocycles. The predicted molar refractivity (Wildman–Crippen MR) is 28.8 cm³/mol. The largest absolute Gasteiger partial charge is 0.478 e. The normalized spacial score (nSPS) is 11.3. The van der Waals surface area contributed by atoms with Crippen LogP contribution in [0.25, 0.3) is 0 Å². The zero-order valence-corrected chi connectivity index (χ0v) is 7.44. The molecular formula is H6CuO8P2. The maximum absolute atomic E-state index is 9.63. The SMILES string of the molecule is O.O=P(O)(O)OP(=O)(O)O.[Cu]. The first-order valence-corrected chi connectivity index (χ1v) is 4.59. The minimum atomic E-state index is -5.05. The van der Waals surface area contributed by atoms with Crippen molar-refractivity contribution in [2.24, 2.45) is 0 Å². The Hall–Kier alpha value is 0.739. The van der Waals surface area contributed by atoms with Crippen LogP contribution in [-0.2, 0) is 30.5 Å². The van der Waals surface area contributed by atoms with Crippen molar-refractivity contribution in [3.63, 3.8) is 0 Å². The monoisotopic (exact) mass is 259 g/mol. The molecule has 75 valence electrons. The third kappa shape index (κ3) is 18.1. The summed E-state index contributed by atoms with van der Waals surface area (Å²) >= 11 is 0. The summed E-state index contributed by atoms with van der Waals surface area (Å²) in [5.41, 5.74) is 0. The Morgan fingerprint density at radius 3 is 1.09 bits per heavy atom. The molecule has 0 aliphatic rings. The molecule has 0 heterocycles. The molecular weight excluding hydrogens is 253 g/mol. The van der Waals surface area contributed by atoms with Crippen molar-refractivity contribution in [1.29, 1.82) is 0 Å². The molecule has 0 aromatic carbocycles. The quantitative estimate of drug-likeness (QED) is 0.342. The van der Waals surface area contributed by atoms with Gasteiger partial charge in [0.2, 0.25) is 0 Å². The average Bonchev–Trinajstić information content (AvgIpc) is 1.14. The molecule has 0 atom stereocenters. The van der Waals surface area contributed by atoms with Crippen LogP contribution < -0.4 is 0 Å². The fraction of sp³-hybridized carbons (Fsp3) is 0. The smallest absolute Gasteiger partial charge is 0.412 e. The summed E-state index contributed by atoms with van der Waals surface area (Å²) in [5.74, 6) is 0. The Kier molecular flexibility index (Phi) is 8.70. The average molecular weight is 260 g/mol. The first kappa shape index (κ1) is 17.7. The summed E-state index contributed by atoms with van der Waals surface area (Å²) in [4.78, 5) is 31.0. The Bertz CT molecular complexity index is 153. The van der Waals surface area contributed by atoms with E-state index in [4.69, 9.17) is 19.6 Å². The van der Waals surface area contributed by atoms with Crippen LogP contribution in [-0.4, -0.2) is 25.0 Å². The first-order valence-electron chi connectivity index (χ1n) is 1.53. The van der Waals surface area contributed by atoms with Gasteiger partial charge in [-0.2, -0.15) is 4.31 Å². The molecule has 11 heavy (non-hydrogen) atoms. The van der Waals surface area contributed by atoms with Gasteiger partial charge in [0.15, 0.2) is 0 Å². The van der Waals surface area contributed by atoms with E-state index in [-0.39, 0.29) is 22.5 Å². The summed E-state index contributed by atoms with van der Waals surface area (Å²) in [6.07, 6.45) is 0. The van der Waals surface area contributed by atoms with Gasteiger partial charge in [-0.3, -0.25) is 0 Å². The molecule has 0 aliphatic carbocycles. The molecule has 8 nitrogen and oxygen atoms in total. The summed E-state index contributed by atoms with van der Waals surface area (Å²) in [7, 11) is -10.1. The van der Waals surface area contributed by atoms with E-state index in [0.29, 0.717) is 0 Å². The Morgan fingerprint density at radius 2 is 1.09 bits per heavy atom. The van der Waals surface area contributed by atoms with Crippen molar-refractivity contribution >= 4 is 15.6 Å². The Labute approximate surface area is 71.8 Å². The molecule has 6 N–H and O–H groups in total. The second kappa shape index (κ2) is 5.40. The van der Waals surface area contributed by atoms with Crippen LogP contribution in [0, 0.1) is 0 Å². The predicted octanol–water partition coefficient (Wildman–Crippen LogP) is -1.64. The standard InChI is InChI=1S/Cu.H4O7P2.H2O/c;1-8(2,3)7-9(4,5)6;/h;(H2,1,2,3)(H2,4,5,6);1H2. The van der Waals surface area contributed by atoms with Crippen LogP contribution in [0.4, 0.5) is 0 Å². The van der Waals surface area contributed by atoms with Crippen molar-refractivity contribution in [2.75, 3.05) is 0 Å². The second-order valence-corrected chi connectivity index (χ2v) is 3.68. The van der Waals surface area contributed by atoms with Crippen molar-refractivity contribution in [1.82, 2.24) is 0 Å². The molecule has 0 aromatic heterocycles. The van der Waals surface area contributed by atoms with Crippen LogP contribution >= 0.6 is 15.6 Å². The summed E-state index contributed by atoms with van der Waals surface area (Å²) in [6, 6.07) is 0. The zero-order chi connectivity index (χ0) is 7.71. The van der Waals surface area contributed by atoms with E-state index in [0.717, 1.165) is 0 Å². The van der Waals surface area contributed by atoms with E-state index in [2.05, 4.69) is 4.31 Å². The van der Waals surface area contributed by atoms with Crippen LogP contribution in [0.3, 0.4) is 0 Å². The summed E-state index contributed by atoms with van der Waals surface area (Å²) in [6.45, 7) is 0. The van der Waals surface area contributed by atoms with Gasteiger partial charge in [-0.25, -0.2) is 9.13 Å². The first-order chi connectivity index (χ1) is 3.71. The molecule has 0 spiro atoms. The summed E-state index contributed by atoms with van der Waals surface area (Å²) in [5, 5.41) is 0. The van der Waals surface area contributed by atoms with Crippen LogP contribution in [0.2, 0.25) is 0 Å². The van der Waals surface area contributed by atoms with E-state index >= 15 is 0 Å². The van der Waals surface area contributed by atoms with Crippen LogP contribution in [0.5, 0.6) is 0 Å². The van der Waals surface area contributed by atoms with E-state index in [9.17, 15) is 9.13 Å². The summed E-state index contributed by atoms with van der Waals surface area (Å²) < 4.78 is 22.2. The number of hydrogen-bond acceptors (Lipinski definition) is 3. The molecule has 1 radical (unpaired) electrons. The zero-order valence-electron chi connectivity index (χ0n) is 4.71. The van der Waals surface area contributed by atoms with Crippen molar-refractivity contribution in [3.05, 3.63) is 0 Å². The van der Waals surface area contributed by atoms with E-state index < -0.39 is 15.6 Å². The van der Waals surface area contributed by atoms with Gasteiger partial charge in [0.05, 0.1) is 0 Å². The van der Waals surface area contributed by atoms with E-state index in [1.165, 1.54) is 0 Å². The van der Waals surface area contributed by atoms with Crippen molar-refractivity contribution in [3.8, 4) is 0 Å². The van der Waals surface area contributed by atoms with E-state index in [1.54, 1.807) is 0 Å². The minimum absolute atomic E-state index is 0. The number of hydrogen-bond donors (Lipinski definition) is 4. The fourth-order valence-corrected chi connectivity index (χ4v) is 1.25. The van der Waals surface area contributed by atoms with Gasteiger partial charge in [0.25, 0.3) is 0 Å². The van der Waals surface area contributed by atoms with Crippen molar-refractivity contribution in [2.45, 2.75) is 0 Å². The Morgan fingerprint density at radius 1 is 0.909 bits per heavy atom. The van der Waals surface area contributed by atoms with Gasteiger partial charge in [-0.15, -0.1) is 0 Å². The van der Waals surface area contributed by atoms with Gasteiger partial charge < -0.3 is 25.0 Å². The molecule has 0 bridgehead atoms. The van der Waals surface area contributed by atoms with Crippen molar-refractivity contribution < 1.29 is 55.6 Å². The van der Waals surface area contributed by atoms with Crippen LogP contribution in [0.15, 0.2) is 0 Å². The third-order valence-corrected chi connectivity index (χ3v) is 1.91.